The zero-order valence-electron chi connectivity index (χ0n) is 13.0. The van der Waals surface area contributed by atoms with E-state index in [4.69, 9.17) is 0 Å². The Morgan fingerprint density at radius 3 is 2.65 bits per heavy atom. The van der Waals surface area contributed by atoms with Gasteiger partial charge in [0.1, 0.15) is 0 Å². The number of hydrogen-bond acceptors (Lipinski definition) is 3. The minimum atomic E-state index is -0.162. The Morgan fingerprint density at radius 2 is 2.10 bits per heavy atom. The lowest BCUT2D eigenvalue weighted by Gasteiger charge is -2.25. The summed E-state index contributed by atoms with van der Waals surface area (Å²) in [5.41, 5.74) is 0.682. The van der Waals surface area contributed by atoms with Crippen molar-refractivity contribution < 1.29 is 4.39 Å². The molecule has 0 atom stereocenters. The van der Waals surface area contributed by atoms with E-state index in [1.807, 2.05) is 0 Å². The van der Waals surface area contributed by atoms with E-state index in [1.54, 1.807) is 12.3 Å². The molecule has 0 aromatic carbocycles. The molecular formula is C16H26FN3. The molecule has 112 valence electrons. The molecule has 1 saturated carbocycles. The van der Waals surface area contributed by atoms with Crippen molar-refractivity contribution in [3.05, 3.63) is 23.6 Å². The molecular weight excluding hydrogens is 253 g/mol. The van der Waals surface area contributed by atoms with E-state index < -0.39 is 0 Å². The minimum Gasteiger partial charge on any atom is -0.351 e. The van der Waals surface area contributed by atoms with E-state index in [1.165, 1.54) is 0 Å². The van der Waals surface area contributed by atoms with Gasteiger partial charge in [-0.3, -0.25) is 0 Å². The largest absolute Gasteiger partial charge is 0.351 e. The molecule has 2 rings (SSSR count). The molecule has 0 saturated heterocycles. The average Bonchev–Trinajstić information content (AvgIpc) is 3.18. The number of anilines is 1. The van der Waals surface area contributed by atoms with E-state index >= 15 is 0 Å². The number of aromatic nitrogens is 1. The third-order valence-corrected chi connectivity index (χ3v) is 3.48. The summed E-state index contributed by atoms with van der Waals surface area (Å²) in [6.07, 6.45) is 5.06. The monoisotopic (exact) mass is 279 g/mol. The third kappa shape index (κ3) is 3.92. The second kappa shape index (κ2) is 6.08. The molecule has 1 fully saturated rings. The van der Waals surface area contributed by atoms with E-state index in [0.29, 0.717) is 24.0 Å². The van der Waals surface area contributed by atoms with Crippen LogP contribution in [0.1, 0.15) is 52.5 Å². The van der Waals surface area contributed by atoms with Gasteiger partial charge in [0.15, 0.2) is 11.6 Å². The van der Waals surface area contributed by atoms with Gasteiger partial charge in [-0.05, 0) is 46.1 Å². The lowest BCUT2D eigenvalue weighted by atomic mass is 10.1. The molecule has 0 aliphatic heterocycles. The molecule has 1 aliphatic carbocycles. The van der Waals surface area contributed by atoms with Gasteiger partial charge in [0, 0.05) is 36.4 Å². The maximum Gasteiger partial charge on any atom is 0.170 e. The summed E-state index contributed by atoms with van der Waals surface area (Å²) < 4.78 is 14.7. The molecule has 4 heteroatoms. The molecule has 0 spiro atoms. The molecule has 3 nitrogen and oxygen atoms in total. The van der Waals surface area contributed by atoms with E-state index in [0.717, 1.165) is 25.8 Å². The lowest BCUT2D eigenvalue weighted by Crippen LogP contribution is -2.35. The van der Waals surface area contributed by atoms with Crippen LogP contribution in [0.3, 0.4) is 0 Å². The van der Waals surface area contributed by atoms with Crippen molar-refractivity contribution in [2.45, 2.75) is 65.1 Å². The maximum atomic E-state index is 14.7. The SMILES string of the molecule is CCCN(c1nccc(CNC(C)(C)C)c1F)C1CC1. The van der Waals surface area contributed by atoms with Gasteiger partial charge < -0.3 is 10.2 Å². The molecule has 0 amide bonds. The van der Waals surface area contributed by atoms with Gasteiger partial charge in [0.05, 0.1) is 0 Å². The number of nitrogens with zero attached hydrogens (tertiary/aromatic N) is 2. The van der Waals surface area contributed by atoms with Crippen LogP contribution < -0.4 is 10.2 Å². The Kier molecular flexibility index (Phi) is 4.63. The number of rotatable bonds is 6. The molecule has 1 aromatic heterocycles. The van der Waals surface area contributed by atoms with Gasteiger partial charge in [0.25, 0.3) is 0 Å². The van der Waals surface area contributed by atoms with Crippen molar-refractivity contribution in [2.75, 3.05) is 11.4 Å². The molecule has 1 heterocycles. The quantitative estimate of drug-likeness (QED) is 0.864. The second-order valence-corrected chi connectivity index (χ2v) is 6.64. The van der Waals surface area contributed by atoms with Crippen molar-refractivity contribution in [3.8, 4) is 0 Å². The Bertz CT molecular complexity index is 450. The van der Waals surface area contributed by atoms with Gasteiger partial charge in [-0.1, -0.05) is 6.92 Å². The van der Waals surface area contributed by atoms with E-state index in [-0.39, 0.29) is 11.4 Å². The predicted octanol–water partition coefficient (Wildman–Crippen LogP) is 3.49. The molecule has 1 aliphatic rings. The third-order valence-electron chi connectivity index (χ3n) is 3.48. The Morgan fingerprint density at radius 1 is 1.40 bits per heavy atom. The highest BCUT2D eigenvalue weighted by Crippen LogP contribution is 2.32. The predicted molar refractivity (Wildman–Crippen MR) is 81.4 cm³/mol. The van der Waals surface area contributed by atoms with Gasteiger partial charge >= 0.3 is 0 Å². The van der Waals surface area contributed by atoms with E-state index in [9.17, 15) is 4.39 Å². The topological polar surface area (TPSA) is 28.2 Å². The smallest absolute Gasteiger partial charge is 0.170 e. The highest BCUT2D eigenvalue weighted by Gasteiger charge is 2.31. The van der Waals surface area contributed by atoms with Crippen LogP contribution >= 0.6 is 0 Å². The summed E-state index contributed by atoms with van der Waals surface area (Å²) in [7, 11) is 0. The van der Waals surface area contributed by atoms with Gasteiger partial charge in [-0.2, -0.15) is 0 Å². The van der Waals surface area contributed by atoms with Crippen molar-refractivity contribution in [1.82, 2.24) is 10.3 Å². The number of nitrogens with one attached hydrogen (secondary N) is 1. The first-order valence-electron chi connectivity index (χ1n) is 7.57. The first-order valence-corrected chi connectivity index (χ1v) is 7.57. The van der Waals surface area contributed by atoms with Gasteiger partial charge in [-0.15, -0.1) is 0 Å². The van der Waals surface area contributed by atoms with Crippen LogP contribution in [0.2, 0.25) is 0 Å². The first-order chi connectivity index (χ1) is 9.42. The van der Waals surface area contributed by atoms with Gasteiger partial charge in [-0.25, -0.2) is 9.37 Å². The molecule has 0 radical (unpaired) electrons. The average molecular weight is 279 g/mol. The van der Waals surface area contributed by atoms with Crippen LogP contribution in [-0.2, 0) is 6.54 Å². The second-order valence-electron chi connectivity index (χ2n) is 6.64. The van der Waals surface area contributed by atoms with Crippen LogP contribution in [0.15, 0.2) is 12.3 Å². The molecule has 20 heavy (non-hydrogen) atoms. The maximum absolute atomic E-state index is 14.7. The molecule has 1 aromatic rings. The van der Waals surface area contributed by atoms with Crippen molar-refractivity contribution in [2.24, 2.45) is 0 Å². The van der Waals surface area contributed by atoms with E-state index in [2.05, 4.69) is 42.9 Å². The summed E-state index contributed by atoms with van der Waals surface area (Å²) in [6, 6.07) is 2.26. The fourth-order valence-corrected chi connectivity index (χ4v) is 2.26. The zero-order valence-corrected chi connectivity index (χ0v) is 13.0. The Hall–Kier alpha value is -1.16. The fourth-order valence-electron chi connectivity index (χ4n) is 2.26. The number of hydrogen-bond donors (Lipinski definition) is 1. The Balaban J connectivity index is 2.17. The summed E-state index contributed by atoms with van der Waals surface area (Å²) in [6.45, 7) is 9.79. The van der Waals surface area contributed by atoms with Crippen LogP contribution in [0.5, 0.6) is 0 Å². The van der Waals surface area contributed by atoms with Crippen LogP contribution in [0.4, 0.5) is 10.2 Å². The van der Waals surface area contributed by atoms with Crippen LogP contribution in [0, 0.1) is 5.82 Å². The summed E-state index contributed by atoms with van der Waals surface area (Å²) in [4.78, 5) is 6.42. The number of pyridine rings is 1. The van der Waals surface area contributed by atoms with Crippen molar-refractivity contribution in [3.63, 3.8) is 0 Å². The first kappa shape index (κ1) is 15.2. The van der Waals surface area contributed by atoms with Crippen LogP contribution in [0.25, 0.3) is 0 Å². The summed E-state index contributed by atoms with van der Waals surface area (Å²) >= 11 is 0. The molecule has 0 bridgehead atoms. The fraction of sp³-hybridized carbons (Fsp3) is 0.688. The highest BCUT2D eigenvalue weighted by molar-refractivity contribution is 5.45. The van der Waals surface area contributed by atoms with Crippen molar-refractivity contribution >= 4 is 5.82 Å². The van der Waals surface area contributed by atoms with Gasteiger partial charge in [0.2, 0.25) is 0 Å². The Labute approximate surface area is 121 Å². The summed E-state index contributed by atoms with van der Waals surface area (Å²) in [5, 5.41) is 3.34. The standard InChI is InChI=1S/C16H26FN3/c1-5-10-20(13-6-7-13)15-14(17)12(8-9-18-15)11-19-16(2,3)4/h8-9,13,19H,5-7,10-11H2,1-4H3. The highest BCUT2D eigenvalue weighted by atomic mass is 19.1. The lowest BCUT2D eigenvalue weighted by molar-refractivity contribution is 0.418. The summed E-state index contributed by atoms with van der Waals surface area (Å²) in [5.74, 6) is 0.368. The normalized spacial score (nSPS) is 15.4. The zero-order chi connectivity index (χ0) is 14.8. The molecule has 1 N–H and O–H groups in total. The molecule has 0 unspecified atom stereocenters. The van der Waals surface area contributed by atoms with Crippen LogP contribution in [-0.4, -0.2) is 23.1 Å². The number of halogens is 1. The minimum absolute atomic E-state index is 0.0184. The van der Waals surface area contributed by atoms with Crippen molar-refractivity contribution in [1.29, 1.82) is 0 Å².